The molecular weight excluding hydrogens is 627 g/mol. The number of anilines is 1. The predicted octanol–water partition coefficient (Wildman–Crippen LogP) is 9.21. The minimum Gasteiger partial charge on any atom is -0.318 e. The third-order valence-corrected chi connectivity index (χ3v) is 8.81. The van der Waals surface area contributed by atoms with E-state index in [2.05, 4.69) is 4.99 Å². The number of para-hydroxylation sites is 1. The van der Waals surface area contributed by atoms with Gasteiger partial charge in [-0.3, -0.25) is 14.5 Å². The monoisotopic (exact) mass is 645 g/mol. The minimum atomic E-state index is -0.596. The zero-order valence-corrected chi connectivity index (χ0v) is 25.4. The van der Waals surface area contributed by atoms with E-state index in [1.807, 2.05) is 24.5 Å². The van der Waals surface area contributed by atoms with Crippen LogP contribution in [0.4, 0.5) is 10.1 Å². The van der Waals surface area contributed by atoms with Gasteiger partial charge in [-0.15, -0.1) is 0 Å². The number of aromatic nitrogens is 1. The highest BCUT2D eigenvalue weighted by Gasteiger charge is 2.34. The number of hydrogen-bond donors (Lipinski definition) is 0. The highest BCUT2D eigenvalue weighted by atomic mass is 35.5. The van der Waals surface area contributed by atoms with Crippen LogP contribution >= 0.6 is 58.2 Å². The van der Waals surface area contributed by atoms with Gasteiger partial charge in [-0.2, -0.15) is 0 Å². The van der Waals surface area contributed by atoms with Gasteiger partial charge in [0.25, 0.3) is 5.91 Å². The van der Waals surface area contributed by atoms with Crippen molar-refractivity contribution < 1.29 is 14.0 Å². The van der Waals surface area contributed by atoms with Crippen molar-refractivity contribution >= 4 is 86.8 Å². The molecule has 0 saturated carbocycles. The van der Waals surface area contributed by atoms with Crippen LogP contribution in [-0.4, -0.2) is 27.2 Å². The number of benzene rings is 3. The Labute approximate surface area is 260 Å². The van der Waals surface area contributed by atoms with Crippen molar-refractivity contribution in [2.75, 3.05) is 10.7 Å². The van der Waals surface area contributed by atoms with E-state index in [1.54, 1.807) is 48.5 Å². The number of Topliss-reactive ketones (excluding diaryl/α,β-unsaturated/α-hetero) is 1. The van der Waals surface area contributed by atoms with Gasteiger partial charge in [-0.25, -0.2) is 9.38 Å². The van der Waals surface area contributed by atoms with Gasteiger partial charge in [0.15, 0.2) is 11.0 Å². The van der Waals surface area contributed by atoms with Crippen LogP contribution in [0.1, 0.15) is 27.3 Å². The fourth-order valence-electron chi connectivity index (χ4n) is 4.47. The largest absolute Gasteiger partial charge is 0.318 e. The van der Waals surface area contributed by atoms with Crippen LogP contribution < -0.4 is 4.90 Å². The Morgan fingerprint density at radius 3 is 2.29 bits per heavy atom. The molecule has 0 bridgehead atoms. The molecular formula is C30H20Cl4FN3O2S. The molecule has 0 spiro atoms. The number of aryl methyl sites for hydroxylation is 1. The summed E-state index contributed by atoms with van der Waals surface area (Å²) in [5.41, 5.74) is 3.54. The van der Waals surface area contributed by atoms with E-state index < -0.39 is 11.7 Å². The van der Waals surface area contributed by atoms with Gasteiger partial charge in [0, 0.05) is 22.6 Å². The molecule has 0 N–H and O–H groups in total. The zero-order chi connectivity index (χ0) is 29.4. The molecule has 5 nitrogen and oxygen atoms in total. The summed E-state index contributed by atoms with van der Waals surface area (Å²) >= 11 is 25.5. The fraction of sp³-hybridized carbons (Fsp3) is 0.100. The zero-order valence-electron chi connectivity index (χ0n) is 21.6. The smallest absolute Gasteiger partial charge is 0.283 e. The van der Waals surface area contributed by atoms with Gasteiger partial charge in [0.2, 0.25) is 0 Å². The molecule has 0 fully saturated rings. The van der Waals surface area contributed by atoms with Gasteiger partial charge < -0.3 is 4.57 Å². The Bertz CT molecular complexity index is 1780. The Hall–Kier alpha value is -3.07. The topological polar surface area (TPSA) is 54.7 Å². The molecule has 1 aliphatic heterocycles. The van der Waals surface area contributed by atoms with Crippen LogP contribution in [0.2, 0.25) is 20.1 Å². The van der Waals surface area contributed by atoms with Gasteiger partial charge in [0.1, 0.15) is 11.5 Å². The first-order valence-corrected chi connectivity index (χ1v) is 14.7. The van der Waals surface area contributed by atoms with E-state index in [0.29, 0.717) is 31.2 Å². The second kappa shape index (κ2) is 12.0. The number of amides is 1. The molecule has 5 rings (SSSR count). The predicted molar refractivity (Wildman–Crippen MR) is 168 cm³/mol. The lowest BCUT2D eigenvalue weighted by Gasteiger charge is -2.18. The SMILES string of the molecule is Cc1cc(C(=O)CSC2=N/C(=C\c3ccc(Cl)c(Cl)c3)C(=O)N2c2ccccc2F)c(C)n1-c1ccc(Cl)c(Cl)c1. The normalized spacial score (nSPS) is 14.2. The highest BCUT2D eigenvalue weighted by molar-refractivity contribution is 8.14. The molecule has 0 unspecified atom stereocenters. The molecule has 0 radical (unpaired) electrons. The summed E-state index contributed by atoms with van der Waals surface area (Å²) in [4.78, 5) is 32.5. The first-order valence-electron chi connectivity index (χ1n) is 12.2. The molecule has 0 atom stereocenters. The summed E-state index contributed by atoms with van der Waals surface area (Å²) in [6.45, 7) is 3.73. The van der Waals surface area contributed by atoms with Crippen LogP contribution in [0.15, 0.2) is 77.4 Å². The van der Waals surface area contributed by atoms with E-state index in [1.165, 1.54) is 23.1 Å². The summed E-state index contributed by atoms with van der Waals surface area (Å²) in [6.07, 6.45) is 1.54. The molecule has 1 aliphatic rings. The lowest BCUT2D eigenvalue weighted by atomic mass is 10.2. The molecule has 11 heteroatoms. The van der Waals surface area contributed by atoms with Gasteiger partial charge in [-0.05, 0) is 74.0 Å². The third kappa shape index (κ3) is 5.96. The maximum absolute atomic E-state index is 14.8. The number of thioether (sulfide) groups is 1. The van der Waals surface area contributed by atoms with Crippen molar-refractivity contribution in [3.63, 3.8) is 0 Å². The maximum Gasteiger partial charge on any atom is 0.283 e. The Morgan fingerprint density at radius 1 is 0.927 bits per heavy atom. The summed E-state index contributed by atoms with van der Waals surface area (Å²) in [5.74, 6) is -1.35. The number of rotatable bonds is 6. The van der Waals surface area contributed by atoms with Crippen LogP contribution in [-0.2, 0) is 4.79 Å². The van der Waals surface area contributed by atoms with Crippen molar-refractivity contribution in [2.24, 2.45) is 4.99 Å². The second-order valence-corrected chi connectivity index (χ2v) is 11.7. The number of hydrogen-bond acceptors (Lipinski definition) is 4. The average molecular weight is 647 g/mol. The van der Waals surface area contributed by atoms with E-state index >= 15 is 0 Å². The first-order chi connectivity index (χ1) is 19.5. The van der Waals surface area contributed by atoms with E-state index in [-0.39, 0.29) is 28.1 Å². The van der Waals surface area contributed by atoms with E-state index in [9.17, 15) is 14.0 Å². The molecule has 0 saturated heterocycles. The van der Waals surface area contributed by atoms with Gasteiger partial charge in [-0.1, -0.05) is 76.4 Å². The number of carbonyl (C=O) groups excluding carboxylic acids is 2. The number of carbonyl (C=O) groups is 2. The Kier molecular flexibility index (Phi) is 8.64. The molecule has 0 aliphatic carbocycles. The first kappa shape index (κ1) is 29.4. The number of nitrogens with zero attached hydrogens (tertiary/aromatic N) is 3. The maximum atomic E-state index is 14.8. The summed E-state index contributed by atoms with van der Waals surface area (Å²) in [6, 6.07) is 17.9. The van der Waals surface area contributed by atoms with E-state index in [4.69, 9.17) is 46.4 Å². The molecule has 208 valence electrons. The quantitative estimate of drug-likeness (QED) is 0.155. The number of aliphatic imine (C=N–C) groups is 1. The second-order valence-electron chi connectivity index (χ2n) is 9.12. The van der Waals surface area contributed by atoms with Crippen molar-refractivity contribution in [1.29, 1.82) is 0 Å². The summed E-state index contributed by atoms with van der Waals surface area (Å²) < 4.78 is 16.7. The molecule has 1 aromatic heterocycles. The summed E-state index contributed by atoms with van der Waals surface area (Å²) in [7, 11) is 0. The number of amidine groups is 1. The van der Waals surface area contributed by atoms with Crippen LogP contribution in [0.5, 0.6) is 0 Å². The Balaban J connectivity index is 1.45. The molecule has 41 heavy (non-hydrogen) atoms. The number of halogens is 5. The van der Waals surface area contributed by atoms with Crippen molar-refractivity contribution in [1.82, 2.24) is 4.57 Å². The van der Waals surface area contributed by atoms with Crippen LogP contribution in [0.3, 0.4) is 0 Å². The van der Waals surface area contributed by atoms with Gasteiger partial charge >= 0.3 is 0 Å². The van der Waals surface area contributed by atoms with E-state index in [0.717, 1.165) is 28.8 Å². The summed E-state index contributed by atoms with van der Waals surface area (Å²) in [5, 5.41) is 1.71. The third-order valence-electron chi connectivity index (χ3n) is 6.40. The highest BCUT2D eigenvalue weighted by Crippen LogP contribution is 2.33. The molecule has 2 heterocycles. The van der Waals surface area contributed by atoms with Crippen molar-refractivity contribution in [3.05, 3.63) is 121 Å². The lowest BCUT2D eigenvalue weighted by Crippen LogP contribution is -2.31. The fourth-order valence-corrected chi connectivity index (χ4v) is 5.96. The van der Waals surface area contributed by atoms with Crippen LogP contribution in [0.25, 0.3) is 11.8 Å². The molecule has 4 aromatic rings. The lowest BCUT2D eigenvalue weighted by molar-refractivity contribution is -0.113. The van der Waals surface area contributed by atoms with Crippen molar-refractivity contribution in [3.8, 4) is 5.69 Å². The minimum absolute atomic E-state index is 0.0338. The Morgan fingerprint density at radius 2 is 1.61 bits per heavy atom. The van der Waals surface area contributed by atoms with Crippen LogP contribution in [0, 0.1) is 19.7 Å². The molecule has 1 amide bonds. The van der Waals surface area contributed by atoms with Crippen molar-refractivity contribution in [2.45, 2.75) is 13.8 Å². The molecule has 3 aromatic carbocycles. The standard InChI is InChI=1S/C30H20Cl4FN3O2S/c1-16-11-20(17(2)37(16)19-8-10-22(32)24(34)14-19)28(39)15-41-30-36-26(13-18-7-9-21(31)23(33)12-18)29(40)38(30)27-6-4-3-5-25(27)35/h3-14H,15H2,1-2H3/b26-13-. The van der Waals surface area contributed by atoms with Gasteiger partial charge in [0.05, 0.1) is 31.5 Å². The number of ketones is 1. The average Bonchev–Trinajstić information content (AvgIpc) is 3.41.